The molecule has 1 fully saturated rings. The summed E-state index contributed by atoms with van der Waals surface area (Å²) < 4.78 is 5.54. The summed E-state index contributed by atoms with van der Waals surface area (Å²) in [5, 5.41) is 22.0. The zero-order valence-corrected chi connectivity index (χ0v) is 12.1. The molecule has 0 aliphatic heterocycles. The molecule has 0 radical (unpaired) electrons. The van der Waals surface area contributed by atoms with Crippen LogP contribution in [-0.4, -0.2) is 42.0 Å². The molecule has 0 aromatic heterocycles. The summed E-state index contributed by atoms with van der Waals surface area (Å²) in [6, 6.07) is 6.38. The number of aromatic carboxylic acids is 1. The van der Waals surface area contributed by atoms with Gasteiger partial charge < -0.3 is 20.3 Å². The maximum atomic E-state index is 10.7. The molecule has 21 heavy (non-hydrogen) atoms. The van der Waals surface area contributed by atoms with Gasteiger partial charge in [0.25, 0.3) is 0 Å². The largest absolute Gasteiger partial charge is 0.492 e. The van der Waals surface area contributed by atoms with E-state index in [9.17, 15) is 9.90 Å². The van der Waals surface area contributed by atoms with Gasteiger partial charge in [0.1, 0.15) is 12.4 Å². The van der Waals surface area contributed by atoms with E-state index in [-0.39, 0.29) is 11.7 Å². The molecule has 0 heterocycles. The molecule has 2 unspecified atom stereocenters. The van der Waals surface area contributed by atoms with E-state index in [2.05, 4.69) is 5.32 Å². The molecule has 5 heteroatoms. The summed E-state index contributed by atoms with van der Waals surface area (Å²) >= 11 is 0. The van der Waals surface area contributed by atoms with E-state index in [0.717, 1.165) is 25.8 Å². The fourth-order valence-electron chi connectivity index (χ4n) is 2.65. The Kier molecular flexibility index (Phi) is 6.02. The molecule has 116 valence electrons. The van der Waals surface area contributed by atoms with Crippen molar-refractivity contribution in [3.63, 3.8) is 0 Å². The van der Waals surface area contributed by atoms with Crippen LogP contribution in [0.4, 0.5) is 0 Å². The first-order chi connectivity index (χ1) is 10.2. The molecule has 0 saturated heterocycles. The number of ether oxygens (including phenoxy) is 1. The SMILES string of the molecule is O=C(O)c1ccc(OCCNCC2CCCCC2O)cc1. The Bertz CT molecular complexity index is 446. The Balaban J connectivity index is 1.62. The van der Waals surface area contributed by atoms with E-state index in [4.69, 9.17) is 9.84 Å². The molecule has 0 spiro atoms. The van der Waals surface area contributed by atoms with Gasteiger partial charge in [0, 0.05) is 13.1 Å². The van der Waals surface area contributed by atoms with E-state index >= 15 is 0 Å². The first-order valence-corrected chi connectivity index (χ1v) is 7.52. The van der Waals surface area contributed by atoms with Crippen molar-refractivity contribution in [2.75, 3.05) is 19.7 Å². The lowest BCUT2D eigenvalue weighted by Crippen LogP contribution is -2.35. The van der Waals surface area contributed by atoms with Gasteiger partial charge in [-0.25, -0.2) is 4.79 Å². The van der Waals surface area contributed by atoms with Gasteiger partial charge in [0.2, 0.25) is 0 Å². The standard InChI is InChI=1S/C16H23NO4/c18-15-4-2-1-3-13(15)11-17-9-10-21-14-7-5-12(6-8-14)16(19)20/h5-8,13,15,17-18H,1-4,9-11H2,(H,19,20). The average Bonchev–Trinajstić information content (AvgIpc) is 2.49. The Morgan fingerprint density at radius 3 is 2.62 bits per heavy atom. The van der Waals surface area contributed by atoms with Crippen molar-refractivity contribution in [1.29, 1.82) is 0 Å². The average molecular weight is 293 g/mol. The summed E-state index contributed by atoms with van der Waals surface area (Å²) in [4.78, 5) is 10.7. The van der Waals surface area contributed by atoms with Crippen molar-refractivity contribution in [3.05, 3.63) is 29.8 Å². The highest BCUT2D eigenvalue weighted by Crippen LogP contribution is 2.23. The number of hydrogen-bond acceptors (Lipinski definition) is 4. The predicted molar refractivity (Wildman–Crippen MR) is 79.7 cm³/mol. The fourth-order valence-corrected chi connectivity index (χ4v) is 2.65. The van der Waals surface area contributed by atoms with Gasteiger partial charge in [-0.15, -0.1) is 0 Å². The fraction of sp³-hybridized carbons (Fsp3) is 0.562. The minimum Gasteiger partial charge on any atom is -0.492 e. The number of hydrogen-bond donors (Lipinski definition) is 3. The molecule has 1 aromatic carbocycles. The Labute approximate surface area is 124 Å². The Hall–Kier alpha value is -1.59. The number of benzene rings is 1. The van der Waals surface area contributed by atoms with Crippen LogP contribution in [0, 0.1) is 5.92 Å². The number of nitrogens with one attached hydrogen (secondary N) is 1. The van der Waals surface area contributed by atoms with Crippen molar-refractivity contribution in [1.82, 2.24) is 5.32 Å². The van der Waals surface area contributed by atoms with Crippen LogP contribution in [0.25, 0.3) is 0 Å². The van der Waals surface area contributed by atoms with Crippen LogP contribution in [0.15, 0.2) is 24.3 Å². The number of carboxylic acid groups (broad SMARTS) is 1. The van der Waals surface area contributed by atoms with Crippen molar-refractivity contribution in [2.45, 2.75) is 31.8 Å². The number of aliphatic hydroxyl groups excluding tert-OH is 1. The van der Waals surface area contributed by atoms with Crippen LogP contribution in [0.3, 0.4) is 0 Å². The number of aliphatic hydroxyl groups is 1. The molecule has 5 nitrogen and oxygen atoms in total. The summed E-state index contributed by atoms with van der Waals surface area (Å²) in [6.07, 6.45) is 4.17. The van der Waals surface area contributed by atoms with Crippen LogP contribution in [0.5, 0.6) is 5.75 Å². The van der Waals surface area contributed by atoms with Crippen LogP contribution >= 0.6 is 0 Å². The second-order valence-corrected chi connectivity index (χ2v) is 5.49. The molecule has 1 saturated carbocycles. The Morgan fingerprint density at radius 2 is 1.95 bits per heavy atom. The number of carbonyl (C=O) groups is 1. The third-order valence-electron chi connectivity index (χ3n) is 3.92. The third kappa shape index (κ3) is 5.02. The highest BCUT2D eigenvalue weighted by atomic mass is 16.5. The quantitative estimate of drug-likeness (QED) is 0.669. The second-order valence-electron chi connectivity index (χ2n) is 5.49. The van der Waals surface area contributed by atoms with Crippen LogP contribution in [-0.2, 0) is 0 Å². The van der Waals surface area contributed by atoms with E-state index < -0.39 is 5.97 Å². The van der Waals surface area contributed by atoms with Crippen LogP contribution in [0.1, 0.15) is 36.0 Å². The summed E-state index contributed by atoms with van der Waals surface area (Å²) in [5.41, 5.74) is 0.256. The van der Waals surface area contributed by atoms with E-state index in [1.165, 1.54) is 18.6 Å². The molecular formula is C16H23NO4. The molecule has 3 N–H and O–H groups in total. The van der Waals surface area contributed by atoms with E-state index in [0.29, 0.717) is 24.8 Å². The second kappa shape index (κ2) is 8.00. The summed E-state index contributed by atoms with van der Waals surface area (Å²) in [5.74, 6) is 0.0855. The molecular weight excluding hydrogens is 270 g/mol. The topological polar surface area (TPSA) is 78.8 Å². The summed E-state index contributed by atoms with van der Waals surface area (Å²) in [6.45, 7) is 2.06. The highest BCUT2D eigenvalue weighted by Gasteiger charge is 2.22. The van der Waals surface area contributed by atoms with Gasteiger partial charge >= 0.3 is 5.97 Å². The van der Waals surface area contributed by atoms with Gasteiger partial charge in [-0.3, -0.25) is 0 Å². The van der Waals surface area contributed by atoms with E-state index in [1.807, 2.05) is 0 Å². The van der Waals surface area contributed by atoms with Crippen molar-refractivity contribution in [3.8, 4) is 5.75 Å². The van der Waals surface area contributed by atoms with Crippen molar-refractivity contribution >= 4 is 5.97 Å². The molecule has 0 amide bonds. The van der Waals surface area contributed by atoms with E-state index in [1.54, 1.807) is 12.1 Å². The minimum atomic E-state index is -0.936. The van der Waals surface area contributed by atoms with Gasteiger partial charge in [-0.2, -0.15) is 0 Å². The molecule has 1 aromatic rings. The number of carboxylic acids is 1. The molecule has 0 bridgehead atoms. The lowest BCUT2D eigenvalue weighted by atomic mass is 9.86. The van der Waals surface area contributed by atoms with Gasteiger partial charge in [-0.1, -0.05) is 12.8 Å². The normalized spacial score (nSPS) is 22.0. The molecule has 2 atom stereocenters. The Morgan fingerprint density at radius 1 is 1.24 bits per heavy atom. The zero-order valence-electron chi connectivity index (χ0n) is 12.1. The molecule has 1 aliphatic carbocycles. The maximum Gasteiger partial charge on any atom is 0.335 e. The zero-order chi connectivity index (χ0) is 15.1. The lowest BCUT2D eigenvalue weighted by molar-refractivity contribution is 0.0688. The minimum absolute atomic E-state index is 0.171. The maximum absolute atomic E-state index is 10.7. The van der Waals surface area contributed by atoms with Gasteiger partial charge in [0.15, 0.2) is 0 Å². The van der Waals surface area contributed by atoms with Gasteiger partial charge in [-0.05, 0) is 43.0 Å². The number of rotatable bonds is 7. The van der Waals surface area contributed by atoms with Crippen LogP contribution in [0.2, 0.25) is 0 Å². The summed E-state index contributed by atoms with van der Waals surface area (Å²) in [7, 11) is 0. The first-order valence-electron chi connectivity index (χ1n) is 7.52. The van der Waals surface area contributed by atoms with Crippen LogP contribution < -0.4 is 10.1 Å². The van der Waals surface area contributed by atoms with Crippen molar-refractivity contribution < 1.29 is 19.7 Å². The predicted octanol–water partition coefficient (Wildman–Crippen LogP) is 1.90. The third-order valence-corrected chi connectivity index (χ3v) is 3.92. The monoisotopic (exact) mass is 293 g/mol. The molecule has 1 aliphatic rings. The van der Waals surface area contributed by atoms with Gasteiger partial charge in [0.05, 0.1) is 11.7 Å². The molecule has 2 rings (SSSR count). The lowest BCUT2D eigenvalue weighted by Gasteiger charge is -2.27. The highest BCUT2D eigenvalue weighted by molar-refractivity contribution is 5.87. The first kappa shape index (κ1) is 15.8. The van der Waals surface area contributed by atoms with Crippen molar-refractivity contribution in [2.24, 2.45) is 5.92 Å². The smallest absolute Gasteiger partial charge is 0.335 e.